The number of H-pyrrole nitrogens is 1. The lowest BCUT2D eigenvalue weighted by atomic mass is 10.3. The maximum Gasteiger partial charge on any atom is 0.226 e. The normalized spacial score (nSPS) is 17.1. The number of nitrogens with zero attached hydrogens (tertiary/aromatic N) is 4. The summed E-state index contributed by atoms with van der Waals surface area (Å²) in [6.45, 7) is 3.02. The zero-order valence-corrected chi connectivity index (χ0v) is 11.8. The number of hydrogen-bond donors (Lipinski definition) is 2. The van der Waals surface area contributed by atoms with Gasteiger partial charge in [-0.15, -0.1) is 0 Å². The quantitative estimate of drug-likeness (QED) is 0.819. The number of imidazole rings is 1. The Bertz CT molecular complexity index is 579. The lowest BCUT2D eigenvalue weighted by molar-refractivity contribution is 0.257. The highest BCUT2D eigenvalue weighted by Gasteiger charge is 2.29. The SMILES string of the molecule is CC(CNc1nc(Cl)nc2nc[nH]c12)N(C)C1CC1. The fourth-order valence-corrected chi connectivity index (χ4v) is 2.33. The molecule has 1 saturated carbocycles. The van der Waals surface area contributed by atoms with E-state index in [1.807, 2.05) is 0 Å². The fraction of sp³-hybridized carbons (Fsp3) is 0.583. The molecule has 1 aliphatic carbocycles. The van der Waals surface area contributed by atoms with E-state index in [4.69, 9.17) is 11.6 Å². The van der Waals surface area contributed by atoms with E-state index in [0.29, 0.717) is 17.5 Å². The molecule has 0 aliphatic heterocycles. The Balaban J connectivity index is 1.72. The minimum atomic E-state index is 0.213. The largest absolute Gasteiger partial charge is 0.367 e. The number of fused-ring (bicyclic) bond motifs is 1. The van der Waals surface area contributed by atoms with Crippen LogP contribution in [0.15, 0.2) is 6.33 Å². The average Bonchev–Trinajstić information content (AvgIpc) is 3.13. The fourth-order valence-electron chi connectivity index (χ4n) is 2.16. The van der Waals surface area contributed by atoms with Crippen LogP contribution in [0, 0.1) is 0 Å². The van der Waals surface area contributed by atoms with Gasteiger partial charge in [-0.3, -0.25) is 4.90 Å². The first kappa shape index (κ1) is 12.6. The third-order valence-electron chi connectivity index (χ3n) is 3.64. The molecule has 1 atom stereocenters. The van der Waals surface area contributed by atoms with Crippen molar-refractivity contribution >= 4 is 28.6 Å². The lowest BCUT2D eigenvalue weighted by Crippen LogP contribution is -2.36. The molecular formula is C12H17ClN6. The molecule has 0 amide bonds. The summed E-state index contributed by atoms with van der Waals surface area (Å²) in [5, 5.41) is 3.54. The molecule has 0 bridgehead atoms. The molecule has 0 spiro atoms. The third-order valence-corrected chi connectivity index (χ3v) is 3.81. The monoisotopic (exact) mass is 280 g/mol. The molecule has 2 aromatic heterocycles. The van der Waals surface area contributed by atoms with Gasteiger partial charge in [0.15, 0.2) is 11.5 Å². The molecule has 0 saturated heterocycles. The molecule has 102 valence electrons. The molecule has 2 heterocycles. The lowest BCUT2D eigenvalue weighted by Gasteiger charge is -2.24. The van der Waals surface area contributed by atoms with Crippen molar-refractivity contribution in [3.8, 4) is 0 Å². The van der Waals surface area contributed by atoms with Crippen LogP contribution in [0.1, 0.15) is 19.8 Å². The van der Waals surface area contributed by atoms with Crippen molar-refractivity contribution in [2.45, 2.75) is 31.8 Å². The summed E-state index contributed by atoms with van der Waals surface area (Å²) in [5.74, 6) is 0.712. The number of hydrogen-bond acceptors (Lipinski definition) is 5. The predicted octanol–water partition coefficient (Wildman–Crippen LogP) is 1.90. The summed E-state index contributed by atoms with van der Waals surface area (Å²) in [6, 6.07) is 1.19. The van der Waals surface area contributed by atoms with E-state index in [-0.39, 0.29) is 5.28 Å². The zero-order valence-electron chi connectivity index (χ0n) is 11.0. The summed E-state index contributed by atoms with van der Waals surface area (Å²) in [6.07, 6.45) is 4.22. The van der Waals surface area contributed by atoms with Crippen LogP contribution in [0.25, 0.3) is 11.2 Å². The first-order chi connectivity index (χ1) is 9.15. The van der Waals surface area contributed by atoms with Crippen molar-refractivity contribution in [3.63, 3.8) is 0 Å². The second kappa shape index (κ2) is 4.94. The molecule has 2 aromatic rings. The molecular weight excluding hydrogens is 264 g/mol. The Hall–Kier alpha value is -1.40. The third kappa shape index (κ3) is 2.64. The molecule has 2 N–H and O–H groups in total. The van der Waals surface area contributed by atoms with Gasteiger partial charge in [-0.2, -0.15) is 9.97 Å². The first-order valence-electron chi connectivity index (χ1n) is 6.47. The zero-order chi connectivity index (χ0) is 13.4. The van der Waals surface area contributed by atoms with E-state index >= 15 is 0 Å². The van der Waals surface area contributed by atoms with Gasteiger partial charge in [0.1, 0.15) is 5.52 Å². The van der Waals surface area contributed by atoms with Gasteiger partial charge in [0, 0.05) is 18.6 Å². The Morgan fingerprint density at radius 3 is 3.05 bits per heavy atom. The van der Waals surface area contributed by atoms with Crippen molar-refractivity contribution in [1.29, 1.82) is 0 Å². The van der Waals surface area contributed by atoms with E-state index in [1.54, 1.807) is 6.33 Å². The highest BCUT2D eigenvalue weighted by Crippen LogP contribution is 2.27. The molecule has 1 fully saturated rings. The number of aromatic amines is 1. The summed E-state index contributed by atoms with van der Waals surface area (Å²) in [7, 11) is 2.17. The van der Waals surface area contributed by atoms with Crippen molar-refractivity contribution < 1.29 is 0 Å². The van der Waals surface area contributed by atoms with E-state index in [1.165, 1.54) is 12.8 Å². The first-order valence-corrected chi connectivity index (χ1v) is 6.85. The topological polar surface area (TPSA) is 69.7 Å². The predicted molar refractivity (Wildman–Crippen MR) is 75.4 cm³/mol. The number of anilines is 1. The molecule has 1 aliphatic rings. The van der Waals surface area contributed by atoms with Crippen LogP contribution in [0.5, 0.6) is 0 Å². The summed E-state index contributed by atoms with van der Waals surface area (Å²) < 4.78 is 0. The Labute approximate surface area is 116 Å². The molecule has 7 heteroatoms. The second-order valence-corrected chi connectivity index (χ2v) is 5.41. The minimum Gasteiger partial charge on any atom is -0.367 e. The Morgan fingerprint density at radius 1 is 1.53 bits per heavy atom. The van der Waals surface area contributed by atoms with E-state index < -0.39 is 0 Å². The van der Waals surface area contributed by atoms with E-state index in [9.17, 15) is 0 Å². The maximum absolute atomic E-state index is 5.89. The van der Waals surface area contributed by atoms with Gasteiger partial charge in [0.05, 0.1) is 6.33 Å². The summed E-state index contributed by atoms with van der Waals surface area (Å²) in [5.41, 5.74) is 1.39. The molecule has 19 heavy (non-hydrogen) atoms. The standard InChI is InChI=1S/C12H17ClN6/c1-7(19(2)8-3-4-8)5-14-10-9-11(16-6-15-9)18-12(13)17-10/h6-8H,3-5H2,1-2H3,(H2,14,15,16,17,18). The van der Waals surface area contributed by atoms with Gasteiger partial charge in [-0.25, -0.2) is 4.98 Å². The van der Waals surface area contributed by atoms with Crippen LogP contribution in [-0.4, -0.2) is 50.5 Å². The number of nitrogens with one attached hydrogen (secondary N) is 2. The number of aromatic nitrogens is 4. The number of rotatable bonds is 5. The van der Waals surface area contributed by atoms with Gasteiger partial charge in [0.2, 0.25) is 5.28 Å². The second-order valence-electron chi connectivity index (χ2n) is 5.07. The Kier molecular flexibility index (Phi) is 3.28. The molecule has 3 rings (SSSR count). The average molecular weight is 281 g/mol. The number of likely N-dealkylation sites (N-methyl/N-ethyl adjacent to an activating group) is 1. The molecule has 1 unspecified atom stereocenters. The molecule has 6 nitrogen and oxygen atoms in total. The van der Waals surface area contributed by atoms with Crippen molar-refractivity contribution in [2.75, 3.05) is 18.9 Å². The molecule has 0 radical (unpaired) electrons. The van der Waals surface area contributed by atoms with Crippen LogP contribution in [0.4, 0.5) is 5.82 Å². The molecule has 0 aromatic carbocycles. The highest BCUT2D eigenvalue weighted by molar-refractivity contribution is 6.28. The van der Waals surface area contributed by atoms with Gasteiger partial charge < -0.3 is 10.3 Å². The van der Waals surface area contributed by atoms with Crippen LogP contribution >= 0.6 is 11.6 Å². The van der Waals surface area contributed by atoms with Gasteiger partial charge in [-0.05, 0) is 38.4 Å². The van der Waals surface area contributed by atoms with Gasteiger partial charge in [-0.1, -0.05) is 0 Å². The van der Waals surface area contributed by atoms with Crippen molar-refractivity contribution in [2.24, 2.45) is 0 Å². The summed E-state index contributed by atoms with van der Waals surface area (Å²) in [4.78, 5) is 17.8. The smallest absolute Gasteiger partial charge is 0.226 e. The van der Waals surface area contributed by atoms with E-state index in [0.717, 1.165) is 18.1 Å². The Morgan fingerprint density at radius 2 is 2.32 bits per heavy atom. The van der Waals surface area contributed by atoms with Gasteiger partial charge >= 0.3 is 0 Å². The van der Waals surface area contributed by atoms with Crippen molar-refractivity contribution in [3.05, 3.63) is 11.6 Å². The van der Waals surface area contributed by atoms with Crippen LogP contribution in [-0.2, 0) is 0 Å². The number of halogens is 1. The minimum absolute atomic E-state index is 0.213. The van der Waals surface area contributed by atoms with Crippen LogP contribution < -0.4 is 5.32 Å². The van der Waals surface area contributed by atoms with Crippen molar-refractivity contribution in [1.82, 2.24) is 24.8 Å². The maximum atomic E-state index is 5.89. The van der Waals surface area contributed by atoms with Crippen LogP contribution in [0.3, 0.4) is 0 Å². The van der Waals surface area contributed by atoms with Crippen LogP contribution in [0.2, 0.25) is 5.28 Å². The van der Waals surface area contributed by atoms with Gasteiger partial charge in [0.25, 0.3) is 0 Å². The van der Waals surface area contributed by atoms with E-state index in [2.05, 4.69) is 44.1 Å². The summed E-state index contributed by atoms with van der Waals surface area (Å²) >= 11 is 5.89. The highest BCUT2D eigenvalue weighted by atomic mass is 35.5.